The summed E-state index contributed by atoms with van der Waals surface area (Å²) >= 11 is 0. The van der Waals surface area contributed by atoms with Gasteiger partial charge in [0.05, 0.1) is 6.61 Å². The number of hydrogen-bond donors (Lipinski definition) is 2. The molecule has 1 fully saturated rings. The van der Waals surface area contributed by atoms with Gasteiger partial charge >= 0.3 is 0 Å². The van der Waals surface area contributed by atoms with Gasteiger partial charge in [0.25, 0.3) is 0 Å². The van der Waals surface area contributed by atoms with E-state index in [-0.39, 0.29) is 6.61 Å². The summed E-state index contributed by atoms with van der Waals surface area (Å²) in [4.78, 5) is 10.8. The number of hydrogen-bond acceptors (Lipinski definition) is 5. The zero-order chi connectivity index (χ0) is 12.3. The number of carbonyl (C=O) groups excluding carboxylic acids is 1. The lowest BCUT2D eigenvalue weighted by molar-refractivity contribution is -0.283. The smallest absolute Gasteiger partial charge is 0.185 e. The molecule has 0 spiro atoms. The lowest BCUT2D eigenvalue weighted by Crippen LogP contribution is -2.49. The first-order valence-corrected chi connectivity index (χ1v) is 5.36. The lowest BCUT2D eigenvalue weighted by atomic mass is 10.1. The standard InChI is InChI=1S/C12H14O5/c13-6-9-11(15)10(7-14)17-12(16-9)8-4-2-1-3-5-8/h1-6,9-12,14-15H,7H2. The van der Waals surface area contributed by atoms with Gasteiger partial charge in [0, 0.05) is 5.56 Å². The van der Waals surface area contributed by atoms with Crippen molar-refractivity contribution in [3.05, 3.63) is 35.9 Å². The third-order valence-corrected chi connectivity index (χ3v) is 2.68. The Kier molecular flexibility index (Phi) is 3.86. The molecule has 0 bridgehead atoms. The SMILES string of the molecule is O=CC1OC(c2ccccc2)OC(CO)C1O. The molecule has 1 aromatic rings. The second kappa shape index (κ2) is 5.37. The summed E-state index contributed by atoms with van der Waals surface area (Å²) in [7, 11) is 0. The Bertz CT molecular complexity index is 366. The second-order valence-corrected chi connectivity index (χ2v) is 3.83. The largest absolute Gasteiger partial charge is 0.394 e. The lowest BCUT2D eigenvalue weighted by Gasteiger charge is -2.36. The van der Waals surface area contributed by atoms with Crippen molar-refractivity contribution in [3.8, 4) is 0 Å². The summed E-state index contributed by atoms with van der Waals surface area (Å²) in [5.74, 6) is 0. The van der Waals surface area contributed by atoms with Crippen molar-refractivity contribution < 1.29 is 24.5 Å². The molecule has 0 saturated carbocycles. The third kappa shape index (κ3) is 2.53. The molecule has 17 heavy (non-hydrogen) atoms. The molecular formula is C12H14O5. The maximum atomic E-state index is 10.8. The van der Waals surface area contributed by atoms with E-state index < -0.39 is 24.6 Å². The van der Waals surface area contributed by atoms with Gasteiger partial charge < -0.3 is 24.5 Å². The number of ether oxygens (including phenoxy) is 2. The number of aldehydes is 1. The summed E-state index contributed by atoms with van der Waals surface area (Å²) in [6.07, 6.45) is -3.16. The molecular weight excluding hydrogens is 224 g/mol. The van der Waals surface area contributed by atoms with Crippen molar-refractivity contribution in [2.75, 3.05) is 6.61 Å². The number of benzene rings is 1. The summed E-state index contributed by atoms with van der Waals surface area (Å²) in [5, 5.41) is 18.7. The fourth-order valence-corrected chi connectivity index (χ4v) is 1.74. The van der Waals surface area contributed by atoms with Gasteiger partial charge in [0.2, 0.25) is 0 Å². The molecule has 2 rings (SSSR count). The quantitative estimate of drug-likeness (QED) is 0.726. The Balaban J connectivity index is 2.17. The third-order valence-electron chi connectivity index (χ3n) is 2.68. The summed E-state index contributed by atoms with van der Waals surface area (Å²) in [6, 6.07) is 9.06. The first-order valence-electron chi connectivity index (χ1n) is 5.36. The van der Waals surface area contributed by atoms with E-state index in [2.05, 4.69) is 0 Å². The van der Waals surface area contributed by atoms with Crippen LogP contribution in [0.15, 0.2) is 30.3 Å². The molecule has 0 aliphatic carbocycles. The van der Waals surface area contributed by atoms with Crippen molar-refractivity contribution in [3.63, 3.8) is 0 Å². The molecule has 5 heteroatoms. The molecule has 1 saturated heterocycles. The highest BCUT2D eigenvalue weighted by atomic mass is 16.7. The minimum absolute atomic E-state index is 0.363. The van der Waals surface area contributed by atoms with Crippen LogP contribution in [0.25, 0.3) is 0 Å². The zero-order valence-corrected chi connectivity index (χ0v) is 9.10. The zero-order valence-electron chi connectivity index (χ0n) is 9.10. The van der Waals surface area contributed by atoms with Gasteiger partial charge in [-0.3, -0.25) is 0 Å². The van der Waals surface area contributed by atoms with E-state index in [0.717, 1.165) is 5.56 Å². The van der Waals surface area contributed by atoms with Gasteiger partial charge in [-0.05, 0) is 0 Å². The number of aliphatic hydroxyl groups is 2. The molecule has 1 heterocycles. The molecule has 4 unspecified atom stereocenters. The predicted octanol–water partition coefficient (Wildman–Crippen LogP) is 0.0213. The van der Waals surface area contributed by atoms with Crippen LogP contribution in [0.1, 0.15) is 11.9 Å². The molecule has 0 aromatic heterocycles. The maximum absolute atomic E-state index is 10.8. The Labute approximate surface area is 98.6 Å². The molecule has 1 aliphatic rings. The Morgan fingerprint density at radius 1 is 1.24 bits per heavy atom. The van der Waals surface area contributed by atoms with Gasteiger partial charge in [-0.25, -0.2) is 0 Å². The Morgan fingerprint density at radius 3 is 2.53 bits per heavy atom. The van der Waals surface area contributed by atoms with Crippen LogP contribution in [0.4, 0.5) is 0 Å². The first kappa shape index (κ1) is 12.2. The topological polar surface area (TPSA) is 76.0 Å². The molecule has 4 atom stereocenters. The van der Waals surface area contributed by atoms with E-state index in [1.54, 1.807) is 12.1 Å². The Morgan fingerprint density at radius 2 is 1.94 bits per heavy atom. The number of aliphatic hydroxyl groups excluding tert-OH is 2. The summed E-state index contributed by atoms with van der Waals surface area (Å²) < 4.78 is 10.7. The average Bonchev–Trinajstić information content (AvgIpc) is 2.40. The minimum Gasteiger partial charge on any atom is -0.394 e. The van der Waals surface area contributed by atoms with Gasteiger partial charge in [-0.15, -0.1) is 0 Å². The molecule has 1 aromatic carbocycles. The van der Waals surface area contributed by atoms with Crippen LogP contribution in [-0.2, 0) is 14.3 Å². The van der Waals surface area contributed by atoms with Crippen molar-refractivity contribution >= 4 is 6.29 Å². The summed E-state index contributed by atoms with van der Waals surface area (Å²) in [6.45, 7) is -0.363. The predicted molar refractivity (Wildman–Crippen MR) is 58.1 cm³/mol. The number of rotatable bonds is 3. The molecule has 5 nitrogen and oxygen atoms in total. The van der Waals surface area contributed by atoms with Crippen molar-refractivity contribution in [2.24, 2.45) is 0 Å². The second-order valence-electron chi connectivity index (χ2n) is 3.83. The van der Waals surface area contributed by atoms with Crippen molar-refractivity contribution in [1.82, 2.24) is 0 Å². The molecule has 1 aliphatic heterocycles. The van der Waals surface area contributed by atoms with Crippen LogP contribution >= 0.6 is 0 Å². The highest BCUT2D eigenvalue weighted by Gasteiger charge is 2.38. The van der Waals surface area contributed by atoms with Crippen LogP contribution in [0.2, 0.25) is 0 Å². The number of carbonyl (C=O) groups is 1. The molecule has 92 valence electrons. The van der Waals surface area contributed by atoms with Crippen LogP contribution in [0.3, 0.4) is 0 Å². The molecule has 2 N–H and O–H groups in total. The van der Waals surface area contributed by atoms with Gasteiger partial charge in [0.1, 0.15) is 18.3 Å². The Hall–Kier alpha value is -1.27. The van der Waals surface area contributed by atoms with Crippen molar-refractivity contribution in [2.45, 2.75) is 24.6 Å². The van der Waals surface area contributed by atoms with E-state index in [0.29, 0.717) is 6.29 Å². The van der Waals surface area contributed by atoms with Crippen LogP contribution in [0, 0.1) is 0 Å². The van der Waals surface area contributed by atoms with E-state index in [1.165, 1.54) is 0 Å². The van der Waals surface area contributed by atoms with Crippen LogP contribution in [-0.4, -0.2) is 41.4 Å². The fraction of sp³-hybridized carbons (Fsp3) is 0.417. The van der Waals surface area contributed by atoms with E-state index >= 15 is 0 Å². The van der Waals surface area contributed by atoms with Crippen LogP contribution < -0.4 is 0 Å². The highest BCUT2D eigenvalue weighted by molar-refractivity contribution is 5.57. The highest BCUT2D eigenvalue weighted by Crippen LogP contribution is 2.29. The monoisotopic (exact) mass is 238 g/mol. The molecule has 0 amide bonds. The van der Waals surface area contributed by atoms with E-state index in [4.69, 9.17) is 14.6 Å². The normalized spacial score (nSPS) is 33.3. The van der Waals surface area contributed by atoms with Gasteiger partial charge in [-0.1, -0.05) is 30.3 Å². The van der Waals surface area contributed by atoms with Gasteiger partial charge in [-0.2, -0.15) is 0 Å². The fourth-order valence-electron chi connectivity index (χ4n) is 1.74. The average molecular weight is 238 g/mol. The maximum Gasteiger partial charge on any atom is 0.185 e. The minimum atomic E-state index is -1.14. The van der Waals surface area contributed by atoms with Gasteiger partial charge in [0.15, 0.2) is 12.6 Å². The van der Waals surface area contributed by atoms with Crippen LogP contribution in [0.5, 0.6) is 0 Å². The van der Waals surface area contributed by atoms with E-state index in [1.807, 2.05) is 18.2 Å². The van der Waals surface area contributed by atoms with Crippen molar-refractivity contribution in [1.29, 1.82) is 0 Å². The first-order chi connectivity index (χ1) is 8.26. The van der Waals surface area contributed by atoms with E-state index in [9.17, 15) is 9.90 Å². The summed E-state index contributed by atoms with van der Waals surface area (Å²) in [5.41, 5.74) is 0.740. The molecule has 0 radical (unpaired) electrons.